The van der Waals surface area contributed by atoms with Crippen LogP contribution in [0.3, 0.4) is 0 Å². The molecule has 0 spiro atoms. The molecule has 2 rings (SSSR count). The molecule has 2 amide bonds. The third-order valence-electron chi connectivity index (χ3n) is 3.52. The van der Waals surface area contributed by atoms with Crippen molar-refractivity contribution in [2.45, 2.75) is 45.9 Å². The highest BCUT2D eigenvalue weighted by Crippen LogP contribution is 2.29. The number of phenolic OH excluding ortho intramolecular Hbond substituents is 1. The topological polar surface area (TPSA) is 77.1 Å². The molecule has 3 N–H and O–H groups in total. The number of hydrazine groups is 2. The monoisotopic (exact) mass is 308 g/mol. The van der Waals surface area contributed by atoms with E-state index in [2.05, 4.69) is 10.9 Å². The maximum Gasteiger partial charge on any atom is 0.349 e. The van der Waals surface area contributed by atoms with Crippen molar-refractivity contribution in [1.82, 2.24) is 20.9 Å². The maximum absolute atomic E-state index is 12.4. The molecule has 1 aromatic rings. The smallest absolute Gasteiger partial charge is 0.349 e. The number of carbonyl (C=O) groups is 1. The normalized spacial score (nSPS) is 16.8. The van der Waals surface area contributed by atoms with Crippen molar-refractivity contribution in [1.29, 1.82) is 0 Å². The van der Waals surface area contributed by atoms with Crippen LogP contribution in [0.25, 0.3) is 0 Å². The second-order valence-electron chi connectivity index (χ2n) is 5.83. The van der Waals surface area contributed by atoms with E-state index in [0.717, 1.165) is 5.56 Å². The summed E-state index contributed by atoms with van der Waals surface area (Å²) in [5.41, 5.74) is 7.20. The zero-order valence-electron chi connectivity index (χ0n) is 13.6. The molecule has 22 heavy (non-hydrogen) atoms. The molecule has 1 fully saturated rings. The van der Waals surface area contributed by atoms with E-state index in [1.807, 2.05) is 27.7 Å². The number of amides is 2. The van der Waals surface area contributed by atoms with Gasteiger partial charge in [-0.1, -0.05) is 6.07 Å². The summed E-state index contributed by atoms with van der Waals surface area (Å²) >= 11 is 0. The number of rotatable bonds is 4. The molecule has 1 saturated heterocycles. The molecule has 0 bridgehead atoms. The van der Waals surface area contributed by atoms with Crippen LogP contribution in [-0.4, -0.2) is 40.3 Å². The third kappa shape index (κ3) is 3.10. The Bertz CT molecular complexity index is 528. The minimum atomic E-state index is -0.294. The molecule has 7 nitrogen and oxygen atoms in total. The molecule has 1 aliphatic rings. The molecule has 0 aliphatic carbocycles. The first-order chi connectivity index (χ1) is 10.3. The third-order valence-corrected chi connectivity index (χ3v) is 3.52. The van der Waals surface area contributed by atoms with E-state index < -0.39 is 0 Å². The number of aromatic hydroxyl groups is 1. The van der Waals surface area contributed by atoms with Crippen LogP contribution in [0, 0.1) is 0 Å². The molecule has 122 valence electrons. The SMILES string of the molecule is COc1cc(C2NN(C(C)C)C(=O)N(C(C)C)N2)ccc1O. The van der Waals surface area contributed by atoms with Crippen molar-refractivity contribution in [3.05, 3.63) is 23.8 Å². The fourth-order valence-corrected chi connectivity index (χ4v) is 2.30. The summed E-state index contributed by atoms with van der Waals surface area (Å²) in [4.78, 5) is 12.4. The lowest BCUT2D eigenvalue weighted by Gasteiger charge is -2.44. The van der Waals surface area contributed by atoms with Gasteiger partial charge in [-0.25, -0.2) is 15.6 Å². The van der Waals surface area contributed by atoms with Gasteiger partial charge >= 0.3 is 6.03 Å². The van der Waals surface area contributed by atoms with Gasteiger partial charge in [0.1, 0.15) is 6.17 Å². The molecule has 1 heterocycles. The second kappa shape index (κ2) is 6.41. The van der Waals surface area contributed by atoms with E-state index in [9.17, 15) is 9.90 Å². The van der Waals surface area contributed by atoms with Gasteiger partial charge in [-0.15, -0.1) is 0 Å². The fraction of sp³-hybridized carbons (Fsp3) is 0.533. The Hall–Kier alpha value is -1.99. The van der Waals surface area contributed by atoms with Gasteiger partial charge in [0.05, 0.1) is 7.11 Å². The number of benzene rings is 1. The Morgan fingerprint density at radius 3 is 2.14 bits per heavy atom. The van der Waals surface area contributed by atoms with Gasteiger partial charge < -0.3 is 9.84 Å². The van der Waals surface area contributed by atoms with E-state index in [4.69, 9.17) is 4.74 Å². The van der Waals surface area contributed by atoms with E-state index in [1.54, 1.807) is 28.2 Å². The standard InChI is InChI=1S/C15H24N4O3/c1-9(2)18-15(21)19(10(3)4)17-14(16-18)11-6-7-12(20)13(8-11)22-5/h6-10,14,16-17,20H,1-5H3. The van der Waals surface area contributed by atoms with Gasteiger partial charge in [-0.3, -0.25) is 10.0 Å². The molecule has 0 radical (unpaired) electrons. The average Bonchev–Trinajstić information content (AvgIpc) is 2.47. The van der Waals surface area contributed by atoms with Crippen molar-refractivity contribution in [3.63, 3.8) is 0 Å². The first kappa shape index (κ1) is 16.4. The second-order valence-corrected chi connectivity index (χ2v) is 5.83. The van der Waals surface area contributed by atoms with Crippen molar-refractivity contribution < 1.29 is 14.6 Å². The molecule has 0 aromatic heterocycles. The van der Waals surface area contributed by atoms with Crippen molar-refractivity contribution in [2.75, 3.05) is 7.11 Å². The van der Waals surface area contributed by atoms with Gasteiger partial charge in [-0.05, 0) is 45.4 Å². The van der Waals surface area contributed by atoms with Gasteiger partial charge in [0.2, 0.25) is 0 Å². The Morgan fingerprint density at radius 1 is 1.14 bits per heavy atom. The Labute approximate surface area is 130 Å². The minimum Gasteiger partial charge on any atom is -0.504 e. The van der Waals surface area contributed by atoms with Gasteiger partial charge in [0.25, 0.3) is 0 Å². The summed E-state index contributed by atoms with van der Waals surface area (Å²) in [6.45, 7) is 7.79. The first-order valence-corrected chi connectivity index (χ1v) is 7.36. The minimum absolute atomic E-state index is 0.0114. The summed E-state index contributed by atoms with van der Waals surface area (Å²) in [5.74, 6) is 0.477. The van der Waals surface area contributed by atoms with Crippen LogP contribution in [-0.2, 0) is 0 Å². The number of hydrogen-bond acceptors (Lipinski definition) is 5. The zero-order valence-corrected chi connectivity index (χ0v) is 13.6. The van der Waals surface area contributed by atoms with Gasteiger partial charge in [0, 0.05) is 12.1 Å². The molecular weight excluding hydrogens is 284 g/mol. The Kier molecular flexibility index (Phi) is 4.77. The first-order valence-electron chi connectivity index (χ1n) is 7.36. The summed E-state index contributed by atoms with van der Waals surface area (Å²) in [5, 5.41) is 12.9. The lowest BCUT2D eigenvalue weighted by molar-refractivity contribution is 0.00374. The highest BCUT2D eigenvalue weighted by Gasteiger charge is 2.34. The molecule has 0 saturated carbocycles. The van der Waals surface area contributed by atoms with Crippen molar-refractivity contribution in [2.24, 2.45) is 0 Å². The highest BCUT2D eigenvalue weighted by atomic mass is 16.5. The van der Waals surface area contributed by atoms with Crippen molar-refractivity contribution >= 4 is 6.03 Å². The lowest BCUT2D eigenvalue weighted by Crippen LogP contribution is -2.67. The molecule has 7 heteroatoms. The summed E-state index contributed by atoms with van der Waals surface area (Å²) in [7, 11) is 1.50. The van der Waals surface area contributed by atoms with Gasteiger partial charge in [0.15, 0.2) is 11.5 Å². The maximum atomic E-state index is 12.4. The van der Waals surface area contributed by atoms with E-state index >= 15 is 0 Å². The lowest BCUT2D eigenvalue weighted by atomic mass is 10.1. The zero-order chi connectivity index (χ0) is 16.4. The van der Waals surface area contributed by atoms with Crippen LogP contribution >= 0.6 is 0 Å². The van der Waals surface area contributed by atoms with Crippen LogP contribution in [0.1, 0.15) is 39.4 Å². The van der Waals surface area contributed by atoms with Gasteiger partial charge in [-0.2, -0.15) is 0 Å². The average molecular weight is 308 g/mol. The molecule has 0 atom stereocenters. The highest BCUT2D eigenvalue weighted by molar-refractivity contribution is 5.74. The van der Waals surface area contributed by atoms with Crippen molar-refractivity contribution in [3.8, 4) is 11.5 Å². The molecular formula is C15H24N4O3. The van der Waals surface area contributed by atoms with E-state index in [1.165, 1.54) is 7.11 Å². The van der Waals surface area contributed by atoms with Crippen LogP contribution < -0.4 is 15.6 Å². The van der Waals surface area contributed by atoms with Crippen LogP contribution in [0.15, 0.2) is 18.2 Å². The molecule has 1 aromatic carbocycles. The number of nitrogens with zero attached hydrogens (tertiary/aromatic N) is 2. The molecule has 1 aliphatic heterocycles. The quantitative estimate of drug-likeness (QED) is 0.792. The fourth-order valence-electron chi connectivity index (χ4n) is 2.30. The summed E-state index contributed by atoms with van der Waals surface area (Å²) < 4.78 is 5.15. The number of phenols is 1. The number of urea groups is 1. The number of ether oxygens (including phenoxy) is 1. The Balaban J connectivity index is 2.32. The number of hydrogen-bond donors (Lipinski definition) is 3. The molecule has 0 unspecified atom stereocenters. The van der Waals surface area contributed by atoms with Crippen LogP contribution in [0.5, 0.6) is 11.5 Å². The summed E-state index contributed by atoms with van der Waals surface area (Å²) in [6, 6.07) is 5.01. The van der Waals surface area contributed by atoms with Crippen LogP contribution in [0.4, 0.5) is 4.79 Å². The predicted molar refractivity (Wildman–Crippen MR) is 83.0 cm³/mol. The number of carbonyl (C=O) groups excluding carboxylic acids is 1. The summed E-state index contributed by atoms with van der Waals surface area (Å²) in [6.07, 6.45) is -0.294. The predicted octanol–water partition coefficient (Wildman–Crippen LogP) is 1.96. The number of methoxy groups -OCH3 is 1. The largest absolute Gasteiger partial charge is 0.504 e. The number of nitrogens with one attached hydrogen (secondary N) is 2. The van der Waals surface area contributed by atoms with Crippen LogP contribution in [0.2, 0.25) is 0 Å². The Morgan fingerprint density at radius 2 is 1.68 bits per heavy atom. The van der Waals surface area contributed by atoms with E-state index in [0.29, 0.717) is 5.75 Å². The van der Waals surface area contributed by atoms with E-state index in [-0.39, 0.29) is 30.0 Å².